The SMILES string of the molecule is Cc1cn2cc(C(C)(C)C)cc2cn1. The standard InChI is InChI=1S/C12H16N2/c1-9-7-14-8-10(12(2,3)4)5-11(14)6-13-9/h5-8H,1-4H3. The summed E-state index contributed by atoms with van der Waals surface area (Å²) >= 11 is 0. The first-order valence-electron chi connectivity index (χ1n) is 4.92. The van der Waals surface area contributed by atoms with E-state index in [4.69, 9.17) is 0 Å². The van der Waals surface area contributed by atoms with Crippen LogP contribution in [0, 0.1) is 6.92 Å². The second-order valence-corrected chi connectivity index (χ2v) is 4.84. The topological polar surface area (TPSA) is 17.3 Å². The normalized spacial score (nSPS) is 12.3. The summed E-state index contributed by atoms with van der Waals surface area (Å²) in [6, 6.07) is 2.20. The quantitative estimate of drug-likeness (QED) is 0.621. The Morgan fingerprint density at radius 1 is 1.21 bits per heavy atom. The van der Waals surface area contributed by atoms with Gasteiger partial charge in [-0.15, -0.1) is 0 Å². The molecule has 0 fully saturated rings. The van der Waals surface area contributed by atoms with Gasteiger partial charge in [-0.05, 0) is 24.0 Å². The van der Waals surface area contributed by atoms with Gasteiger partial charge in [0.2, 0.25) is 0 Å². The van der Waals surface area contributed by atoms with Crippen LogP contribution in [0.4, 0.5) is 0 Å². The number of hydrogen-bond acceptors (Lipinski definition) is 1. The van der Waals surface area contributed by atoms with Crippen LogP contribution in [0.1, 0.15) is 32.0 Å². The fraction of sp³-hybridized carbons (Fsp3) is 0.417. The highest BCUT2D eigenvalue weighted by atomic mass is 14.9. The Labute approximate surface area is 84.6 Å². The summed E-state index contributed by atoms with van der Waals surface area (Å²) in [5, 5.41) is 0. The Morgan fingerprint density at radius 2 is 1.93 bits per heavy atom. The zero-order valence-corrected chi connectivity index (χ0v) is 9.20. The second-order valence-electron chi connectivity index (χ2n) is 4.84. The van der Waals surface area contributed by atoms with Crippen LogP contribution in [-0.4, -0.2) is 9.38 Å². The highest BCUT2D eigenvalue weighted by molar-refractivity contribution is 5.50. The van der Waals surface area contributed by atoms with Gasteiger partial charge in [-0.25, -0.2) is 0 Å². The minimum absolute atomic E-state index is 0.208. The fourth-order valence-electron chi connectivity index (χ4n) is 1.52. The second kappa shape index (κ2) is 2.84. The molecule has 2 heterocycles. The molecule has 0 bridgehead atoms. The van der Waals surface area contributed by atoms with E-state index >= 15 is 0 Å². The van der Waals surface area contributed by atoms with Crippen molar-refractivity contribution >= 4 is 5.52 Å². The molecular formula is C12H16N2. The highest BCUT2D eigenvalue weighted by Gasteiger charge is 2.15. The lowest BCUT2D eigenvalue weighted by Crippen LogP contribution is -2.09. The molecule has 2 aromatic heterocycles. The molecule has 0 saturated carbocycles. The van der Waals surface area contributed by atoms with E-state index in [1.54, 1.807) is 0 Å². The molecular weight excluding hydrogens is 172 g/mol. The molecule has 0 atom stereocenters. The van der Waals surface area contributed by atoms with Gasteiger partial charge in [0.15, 0.2) is 0 Å². The van der Waals surface area contributed by atoms with Gasteiger partial charge in [-0.1, -0.05) is 20.8 Å². The maximum Gasteiger partial charge on any atom is 0.0637 e. The average molecular weight is 188 g/mol. The van der Waals surface area contributed by atoms with Crippen LogP contribution in [0.3, 0.4) is 0 Å². The molecule has 0 saturated heterocycles. The summed E-state index contributed by atoms with van der Waals surface area (Å²) < 4.78 is 2.14. The minimum Gasteiger partial charge on any atom is -0.320 e. The Hall–Kier alpha value is -1.31. The van der Waals surface area contributed by atoms with Gasteiger partial charge >= 0.3 is 0 Å². The number of rotatable bonds is 0. The maximum absolute atomic E-state index is 4.28. The summed E-state index contributed by atoms with van der Waals surface area (Å²) in [4.78, 5) is 4.28. The first-order chi connectivity index (χ1) is 6.47. The van der Waals surface area contributed by atoms with Gasteiger partial charge < -0.3 is 4.40 Å². The molecule has 0 N–H and O–H groups in total. The third-order valence-corrected chi connectivity index (χ3v) is 2.47. The van der Waals surface area contributed by atoms with Gasteiger partial charge in [-0.3, -0.25) is 4.98 Å². The van der Waals surface area contributed by atoms with E-state index in [0.29, 0.717) is 0 Å². The molecule has 0 unspecified atom stereocenters. The van der Waals surface area contributed by atoms with Crippen molar-refractivity contribution in [3.05, 3.63) is 35.9 Å². The van der Waals surface area contributed by atoms with E-state index in [1.165, 1.54) is 11.1 Å². The Bertz CT molecular complexity index is 461. The molecule has 74 valence electrons. The van der Waals surface area contributed by atoms with Crippen molar-refractivity contribution < 1.29 is 0 Å². The summed E-state index contributed by atoms with van der Waals surface area (Å²) in [5.41, 5.74) is 3.78. The summed E-state index contributed by atoms with van der Waals surface area (Å²) in [5.74, 6) is 0. The van der Waals surface area contributed by atoms with Gasteiger partial charge in [0.05, 0.1) is 17.4 Å². The Kier molecular flexibility index (Phi) is 1.88. The van der Waals surface area contributed by atoms with Gasteiger partial charge in [0.1, 0.15) is 0 Å². The van der Waals surface area contributed by atoms with Crippen molar-refractivity contribution in [2.75, 3.05) is 0 Å². The van der Waals surface area contributed by atoms with E-state index in [0.717, 1.165) is 5.69 Å². The van der Waals surface area contributed by atoms with Crippen LogP contribution in [0.15, 0.2) is 24.7 Å². The largest absolute Gasteiger partial charge is 0.320 e. The lowest BCUT2D eigenvalue weighted by atomic mass is 9.89. The lowest BCUT2D eigenvalue weighted by molar-refractivity contribution is 0.590. The number of hydrogen-bond donors (Lipinski definition) is 0. The van der Waals surface area contributed by atoms with Gasteiger partial charge in [-0.2, -0.15) is 0 Å². The maximum atomic E-state index is 4.28. The number of aryl methyl sites for hydroxylation is 1. The smallest absolute Gasteiger partial charge is 0.0637 e. The predicted molar refractivity (Wildman–Crippen MR) is 58.6 cm³/mol. The molecule has 2 rings (SSSR count). The number of nitrogens with zero attached hydrogens (tertiary/aromatic N) is 2. The van der Waals surface area contributed by atoms with Gasteiger partial charge in [0, 0.05) is 12.4 Å². The third-order valence-electron chi connectivity index (χ3n) is 2.47. The van der Waals surface area contributed by atoms with Crippen molar-refractivity contribution in [2.24, 2.45) is 0 Å². The highest BCUT2D eigenvalue weighted by Crippen LogP contribution is 2.24. The molecule has 0 aromatic carbocycles. The molecule has 0 amide bonds. The van der Waals surface area contributed by atoms with E-state index in [2.05, 4.69) is 48.6 Å². The summed E-state index contributed by atoms with van der Waals surface area (Å²) in [6.45, 7) is 8.68. The van der Waals surface area contributed by atoms with Crippen molar-refractivity contribution in [3.63, 3.8) is 0 Å². The van der Waals surface area contributed by atoms with Crippen LogP contribution >= 0.6 is 0 Å². The van der Waals surface area contributed by atoms with Crippen molar-refractivity contribution in [3.8, 4) is 0 Å². The lowest BCUT2D eigenvalue weighted by Gasteiger charge is -2.15. The molecule has 0 aliphatic carbocycles. The summed E-state index contributed by atoms with van der Waals surface area (Å²) in [7, 11) is 0. The molecule has 2 heteroatoms. The van der Waals surface area contributed by atoms with Crippen LogP contribution in [-0.2, 0) is 5.41 Å². The van der Waals surface area contributed by atoms with Crippen LogP contribution < -0.4 is 0 Å². The summed E-state index contributed by atoms with van der Waals surface area (Å²) in [6.07, 6.45) is 6.17. The molecule has 2 nitrogen and oxygen atoms in total. The van der Waals surface area contributed by atoms with E-state index in [9.17, 15) is 0 Å². The molecule has 14 heavy (non-hydrogen) atoms. The van der Waals surface area contributed by atoms with E-state index in [-0.39, 0.29) is 5.41 Å². The van der Waals surface area contributed by atoms with Crippen LogP contribution in [0.5, 0.6) is 0 Å². The number of fused-ring (bicyclic) bond motifs is 1. The molecule has 0 aliphatic heterocycles. The molecule has 0 spiro atoms. The zero-order chi connectivity index (χ0) is 10.3. The first kappa shape index (κ1) is 9.25. The number of aromatic nitrogens is 2. The van der Waals surface area contributed by atoms with Crippen molar-refractivity contribution in [1.29, 1.82) is 0 Å². The first-order valence-corrected chi connectivity index (χ1v) is 4.92. The molecule has 0 radical (unpaired) electrons. The molecule has 0 aliphatic rings. The van der Waals surface area contributed by atoms with Crippen LogP contribution in [0.2, 0.25) is 0 Å². The van der Waals surface area contributed by atoms with Crippen molar-refractivity contribution in [1.82, 2.24) is 9.38 Å². The van der Waals surface area contributed by atoms with E-state index < -0.39 is 0 Å². The van der Waals surface area contributed by atoms with E-state index in [1.807, 2.05) is 13.1 Å². The minimum atomic E-state index is 0.208. The molecule has 2 aromatic rings. The van der Waals surface area contributed by atoms with Crippen molar-refractivity contribution in [2.45, 2.75) is 33.1 Å². The monoisotopic (exact) mass is 188 g/mol. The average Bonchev–Trinajstić information content (AvgIpc) is 2.45. The zero-order valence-electron chi connectivity index (χ0n) is 9.20. The Morgan fingerprint density at radius 3 is 2.57 bits per heavy atom. The Balaban J connectivity index is 2.63. The fourth-order valence-corrected chi connectivity index (χ4v) is 1.52. The predicted octanol–water partition coefficient (Wildman–Crippen LogP) is 2.94. The van der Waals surface area contributed by atoms with Crippen LogP contribution in [0.25, 0.3) is 5.52 Å². The van der Waals surface area contributed by atoms with Gasteiger partial charge in [0.25, 0.3) is 0 Å². The third kappa shape index (κ3) is 1.52.